The maximum atomic E-state index is 12.1. The molecule has 0 saturated carbocycles. The van der Waals surface area contributed by atoms with Crippen LogP contribution >= 0.6 is 0 Å². The summed E-state index contributed by atoms with van der Waals surface area (Å²) in [5.74, 6) is 2.41. The summed E-state index contributed by atoms with van der Waals surface area (Å²) in [5.41, 5.74) is 0. The zero-order valence-electron chi connectivity index (χ0n) is 15.5. The fraction of sp³-hybridized carbons (Fsp3) is 0.833. The first-order valence-corrected chi connectivity index (χ1v) is 9.51. The van der Waals surface area contributed by atoms with Gasteiger partial charge >= 0.3 is 0 Å². The van der Waals surface area contributed by atoms with Gasteiger partial charge in [0.15, 0.2) is 5.82 Å². The van der Waals surface area contributed by atoms with Crippen molar-refractivity contribution in [2.45, 2.75) is 38.0 Å². The molecule has 8 heteroatoms. The number of hydrogen-bond acceptors (Lipinski definition) is 7. The molecule has 1 atom stereocenters. The summed E-state index contributed by atoms with van der Waals surface area (Å²) in [6.45, 7) is 4.22. The molecule has 0 bridgehead atoms. The molecule has 2 fully saturated rings. The lowest BCUT2D eigenvalue weighted by molar-refractivity contribution is -0.135. The van der Waals surface area contributed by atoms with Crippen molar-refractivity contribution < 1.29 is 23.5 Å². The van der Waals surface area contributed by atoms with Gasteiger partial charge in [0.05, 0.1) is 13.2 Å². The molecule has 1 amide bonds. The molecule has 0 spiro atoms. The summed E-state index contributed by atoms with van der Waals surface area (Å²) in [4.78, 5) is 18.6. The summed E-state index contributed by atoms with van der Waals surface area (Å²) in [7, 11) is 1.62. The lowest BCUT2D eigenvalue weighted by Crippen LogP contribution is -2.32. The molecule has 0 aromatic carbocycles. The average Bonchev–Trinajstić information content (AvgIpc) is 3.33. The third-order valence-electron chi connectivity index (χ3n) is 5.13. The van der Waals surface area contributed by atoms with E-state index in [1.165, 1.54) is 0 Å². The van der Waals surface area contributed by atoms with E-state index in [9.17, 15) is 4.79 Å². The number of hydrogen-bond donors (Lipinski definition) is 0. The highest BCUT2D eigenvalue weighted by Gasteiger charge is 2.27. The first-order valence-electron chi connectivity index (χ1n) is 9.51. The maximum absolute atomic E-state index is 12.1. The molecule has 2 aliphatic heterocycles. The number of amides is 1. The molecule has 1 aromatic rings. The molecule has 8 nitrogen and oxygen atoms in total. The minimum atomic E-state index is 0.0602. The maximum Gasteiger partial charge on any atom is 0.248 e. The van der Waals surface area contributed by atoms with E-state index in [1.807, 2.05) is 4.90 Å². The zero-order valence-corrected chi connectivity index (χ0v) is 15.5. The third-order valence-corrected chi connectivity index (χ3v) is 5.13. The van der Waals surface area contributed by atoms with E-state index >= 15 is 0 Å². The van der Waals surface area contributed by atoms with E-state index in [4.69, 9.17) is 18.7 Å². The standard InChI is InChI=1S/C18H29N3O5/c1-23-10-11-25-13-17(22)21-7-4-14(12-21)2-3-16-19-18(26-20-16)15-5-8-24-9-6-15/h14-15H,2-13H2,1H3. The predicted octanol–water partition coefficient (Wildman–Crippen LogP) is 1.41. The van der Waals surface area contributed by atoms with Crippen LogP contribution in [0.5, 0.6) is 0 Å². The lowest BCUT2D eigenvalue weighted by Gasteiger charge is -2.18. The van der Waals surface area contributed by atoms with Crippen molar-refractivity contribution in [3.05, 3.63) is 11.7 Å². The van der Waals surface area contributed by atoms with E-state index in [0.717, 1.165) is 70.1 Å². The van der Waals surface area contributed by atoms with Crippen molar-refractivity contribution in [3.63, 3.8) is 0 Å². The van der Waals surface area contributed by atoms with Crippen LogP contribution in [0.25, 0.3) is 0 Å². The van der Waals surface area contributed by atoms with Crippen LogP contribution in [0.1, 0.15) is 43.3 Å². The summed E-state index contributed by atoms with van der Waals surface area (Å²) >= 11 is 0. The predicted molar refractivity (Wildman–Crippen MR) is 92.8 cm³/mol. The smallest absolute Gasteiger partial charge is 0.248 e. The number of nitrogens with zero attached hydrogens (tertiary/aromatic N) is 3. The van der Waals surface area contributed by atoms with Gasteiger partial charge in [-0.1, -0.05) is 5.16 Å². The molecule has 0 aliphatic carbocycles. The van der Waals surface area contributed by atoms with Gasteiger partial charge in [-0.3, -0.25) is 4.79 Å². The van der Waals surface area contributed by atoms with Crippen molar-refractivity contribution in [1.29, 1.82) is 0 Å². The highest BCUT2D eigenvalue weighted by atomic mass is 16.5. The van der Waals surface area contributed by atoms with E-state index in [0.29, 0.717) is 25.0 Å². The normalized spacial score (nSPS) is 21.4. The number of carbonyl (C=O) groups is 1. The quantitative estimate of drug-likeness (QED) is 0.610. The fourth-order valence-corrected chi connectivity index (χ4v) is 3.50. The fourth-order valence-electron chi connectivity index (χ4n) is 3.50. The number of rotatable bonds is 9. The Hall–Kier alpha value is -1.51. The van der Waals surface area contributed by atoms with Gasteiger partial charge in [-0.15, -0.1) is 0 Å². The lowest BCUT2D eigenvalue weighted by atomic mass is 10.0. The Bertz CT molecular complexity index is 559. The number of carbonyl (C=O) groups excluding carboxylic acids is 1. The topological polar surface area (TPSA) is 86.9 Å². The highest BCUT2D eigenvalue weighted by molar-refractivity contribution is 5.77. The van der Waals surface area contributed by atoms with E-state index in [2.05, 4.69) is 10.1 Å². The Morgan fingerprint density at radius 2 is 2.12 bits per heavy atom. The molecular weight excluding hydrogens is 338 g/mol. The van der Waals surface area contributed by atoms with Crippen molar-refractivity contribution in [2.24, 2.45) is 5.92 Å². The minimum Gasteiger partial charge on any atom is -0.382 e. The Morgan fingerprint density at radius 1 is 1.27 bits per heavy atom. The number of likely N-dealkylation sites (tertiary alicyclic amines) is 1. The molecule has 2 saturated heterocycles. The van der Waals surface area contributed by atoms with Crippen molar-refractivity contribution in [1.82, 2.24) is 15.0 Å². The molecule has 3 rings (SSSR count). The monoisotopic (exact) mass is 367 g/mol. The zero-order chi connectivity index (χ0) is 18.2. The van der Waals surface area contributed by atoms with Crippen LogP contribution < -0.4 is 0 Å². The van der Waals surface area contributed by atoms with Crippen LogP contribution in [0.2, 0.25) is 0 Å². The summed E-state index contributed by atoms with van der Waals surface area (Å²) < 4.78 is 21.0. The van der Waals surface area contributed by atoms with E-state index < -0.39 is 0 Å². The van der Waals surface area contributed by atoms with Crippen LogP contribution in [0, 0.1) is 5.92 Å². The molecule has 1 aromatic heterocycles. The Labute approximate surface area is 154 Å². The Balaban J connectivity index is 1.36. The van der Waals surface area contributed by atoms with Crippen LogP contribution in [-0.2, 0) is 25.4 Å². The number of aromatic nitrogens is 2. The largest absolute Gasteiger partial charge is 0.382 e. The number of methoxy groups -OCH3 is 1. The molecular formula is C18H29N3O5. The van der Waals surface area contributed by atoms with Crippen molar-refractivity contribution in [3.8, 4) is 0 Å². The Kier molecular flexibility index (Phi) is 7.40. The second kappa shape index (κ2) is 9.99. The molecule has 0 radical (unpaired) electrons. The molecule has 3 heterocycles. The summed E-state index contributed by atoms with van der Waals surface area (Å²) in [6.07, 6.45) is 4.70. The summed E-state index contributed by atoms with van der Waals surface area (Å²) in [6, 6.07) is 0. The van der Waals surface area contributed by atoms with Crippen LogP contribution in [0.3, 0.4) is 0 Å². The second-order valence-corrected chi connectivity index (χ2v) is 7.01. The van der Waals surface area contributed by atoms with Gasteiger partial charge in [-0.2, -0.15) is 4.98 Å². The van der Waals surface area contributed by atoms with Crippen LogP contribution in [0.4, 0.5) is 0 Å². The van der Waals surface area contributed by atoms with Crippen molar-refractivity contribution >= 4 is 5.91 Å². The number of ether oxygens (including phenoxy) is 3. The second-order valence-electron chi connectivity index (χ2n) is 7.01. The molecule has 1 unspecified atom stereocenters. The van der Waals surface area contributed by atoms with Gasteiger partial charge in [0.25, 0.3) is 0 Å². The molecule has 26 heavy (non-hydrogen) atoms. The van der Waals surface area contributed by atoms with Gasteiger partial charge < -0.3 is 23.6 Å². The van der Waals surface area contributed by atoms with Gasteiger partial charge in [0.2, 0.25) is 11.8 Å². The molecule has 2 aliphatic rings. The van der Waals surface area contributed by atoms with Gasteiger partial charge in [-0.25, -0.2) is 0 Å². The number of aryl methyl sites for hydroxylation is 1. The van der Waals surface area contributed by atoms with E-state index in [-0.39, 0.29) is 12.5 Å². The van der Waals surface area contributed by atoms with Crippen molar-refractivity contribution in [2.75, 3.05) is 53.2 Å². The SMILES string of the molecule is COCCOCC(=O)N1CCC(CCc2noc(C3CCOCC3)n2)C1. The average molecular weight is 367 g/mol. The molecule has 146 valence electrons. The van der Waals surface area contributed by atoms with Gasteiger partial charge in [0, 0.05) is 45.8 Å². The van der Waals surface area contributed by atoms with Gasteiger partial charge in [-0.05, 0) is 31.6 Å². The van der Waals surface area contributed by atoms with Crippen LogP contribution in [-0.4, -0.2) is 74.2 Å². The molecule has 0 N–H and O–H groups in total. The highest BCUT2D eigenvalue weighted by Crippen LogP contribution is 2.26. The van der Waals surface area contributed by atoms with E-state index in [1.54, 1.807) is 7.11 Å². The first-order chi connectivity index (χ1) is 12.8. The van der Waals surface area contributed by atoms with Crippen LogP contribution in [0.15, 0.2) is 4.52 Å². The third kappa shape index (κ3) is 5.49. The van der Waals surface area contributed by atoms with Gasteiger partial charge in [0.1, 0.15) is 6.61 Å². The minimum absolute atomic E-state index is 0.0602. The summed E-state index contributed by atoms with van der Waals surface area (Å²) in [5, 5.41) is 4.13. The first kappa shape index (κ1) is 19.3. The Morgan fingerprint density at radius 3 is 2.92 bits per heavy atom.